The van der Waals surface area contributed by atoms with Crippen molar-refractivity contribution in [2.45, 2.75) is 40.5 Å². The Balaban J connectivity index is 2.02. The van der Waals surface area contributed by atoms with Crippen LogP contribution in [0.15, 0.2) is 18.2 Å². The Bertz CT molecular complexity index is 708. The molecule has 0 radical (unpaired) electrons. The van der Waals surface area contributed by atoms with E-state index in [4.69, 9.17) is 10.00 Å². The molecule has 1 N–H and O–H groups in total. The molecule has 1 fully saturated rings. The lowest BCUT2D eigenvalue weighted by Crippen LogP contribution is -2.45. The van der Waals surface area contributed by atoms with Gasteiger partial charge in [-0.3, -0.25) is 9.59 Å². The number of hydrogen-bond donors (Lipinski definition) is 1. The van der Waals surface area contributed by atoms with Crippen molar-refractivity contribution in [3.05, 3.63) is 23.8 Å². The molecular formula is C20H27N3O3. The zero-order valence-electron chi connectivity index (χ0n) is 16.0. The molecule has 6 nitrogen and oxygen atoms in total. The molecule has 0 spiro atoms. The maximum Gasteiger partial charge on any atom is 0.227 e. The quantitative estimate of drug-likeness (QED) is 0.897. The molecule has 1 saturated heterocycles. The van der Waals surface area contributed by atoms with Crippen LogP contribution in [-0.4, -0.2) is 36.4 Å². The molecule has 6 heteroatoms. The lowest BCUT2D eigenvalue weighted by Gasteiger charge is -2.35. The van der Waals surface area contributed by atoms with Crippen molar-refractivity contribution in [1.29, 1.82) is 5.26 Å². The highest BCUT2D eigenvalue weighted by Gasteiger charge is 2.32. The smallest absolute Gasteiger partial charge is 0.227 e. The van der Waals surface area contributed by atoms with Crippen LogP contribution in [0.1, 0.15) is 46.1 Å². The van der Waals surface area contributed by atoms with Gasteiger partial charge in [0.05, 0.1) is 23.9 Å². The third kappa shape index (κ3) is 4.75. The molecule has 1 aliphatic rings. The average Bonchev–Trinajstić information content (AvgIpc) is 2.62. The first kappa shape index (κ1) is 19.8. The topological polar surface area (TPSA) is 82.4 Å². The van der Waals surface area contributed by atoms with Gasteiger partial charge in [0.2, 0.25) is 11.8 Å². The molecule has 1 aromatic carbocycles. The van der Waals surface area contributed by atoms with E-state index in [0.29, 0.717) is 49.5 Å². The van der Waals surface area contributed by atoms with Gasteiger partial charge in [-0.2, -0.15) is 5.26 Å². The average molecular weight is 357 g/mol. The SMILES string of the molecule is CCOc1ccc(C#N)cc1NC(=O)C1CCN(C(=O)C(C)(C)C)CC1. The Morgan fingerprint density at radius 3 is 2.50 bits per heavy atom. The summed E-state index contributed by atoms with van der Waals surface area (Å²) in [4.78, 5) is 26.8. The van der Waals surface area contributed by atoms with Crippen LogP contribution in [0.25, 0.3) is 0 Å². The molecular weight excluding hydrogens is 330 g/mol. The number of carbonyl (C=O) groups is 2. The monoisotopic (exact) mass is 357 g/mol. The molecule has 0 aromatic heterocycles. The predicted molar refractivity (Wildman–Crippen MR) is 99.7 cm³/mol. The van der Waals surface area contributed by atoms with E-state index in [1.54, 1.807) is 18.2 Å². The standard InChI is InChI=1S/C20H27N3O3/c1-5-26-17-7-6-14(13-21)12-16(17)22-18(24)15-8-10-23(11-9-15)19(25)20(2,3)4/h6-7,12,15H,5,8-11H2,1-4H3,(H,22,24). The summed E-state index contributed by atoms with van der Waals surface area (Å²) < 4.78 is 5.53. The number of hydrogen-bond acceptors (Lipinski definition) is 4. The molecule has 26 heavy (non-hydrogen) atoms. The fourth-order valence-electron chi connectivity index (χ4n) is 3.03. The molecule has 0 aliphatic carbocycles. The van der Waals surface area contributed by atoms with Gasteiger partial charge in [-0.05, 0) is 38.0 Å². The summed E-state index contributed by atoms with van der Waals surface area (Å²) in [5, 5.41) is 12.0. The van der Waals surface area contributed by atoms with Gasteiger partial charge in [0.1, 0.15) is 5.75 Å². The van der Waals surface area contributed by atoms with Crippen LogP contribution in [0.4, 0.5) is 5.69 Å². The van der Waals surface area contributed by atoms with Gasteiger partial charge in [-0.1, -0.05) is 20.8 Å². The zero-order valence-corrected chi connectivity index (χ0v) is 16.0. The van der Waals surface area contributed by atoms with Crippen LogP contribution in [0.2, 0.25) is 0 Å². The number of anilines is 1. The minimum atomic E-state index is -0.404. The number of nitriles is 1. The van der Waals surface area contributed by atoms with Gasteiger partial charge in [0.25, 0.3) is 0 Å². The molecule has 2 rings (SSSR count). The van der Waals surface area contributed by atoms with Gasteiger partial charge in [-0.25, -0.2) is 0 Å². The van der Waals surface area contributed by atoms with Crippen molar-refractivity contribution in [3.8, 4) is 11.8 Å². The van der Waals surface area contributed by atoms with E-state index in [9.17, 15) is 9.59 Å². The van der Waals surface area contributed by atoms with Crippen LogP contribution in [0.5, 0.6) is 5.75 Å². The number of likely N-dealkylation sites (tertiary alicyclic amines) is 1. The third-order valence-corrected chi connectivity index (χ3v) is 4.46. The fourth-order valence-corrected chi connectivity index (χ4v) is 3.03. The summed E-state index contributed by atoms with van der Waals surface area (Å²) in [5.74, 6) is 0.431. The minimum Gasteiger partial charge on any atom is -0.492 e. The number of carbonyl (C=O) groups excluding carboxylic acids is 2. The maximum atomic E-state index is 12.6. The molecule has 0 bridgehead atoms. The van der Waals surface area contributed by atoms with Gasteiger partial charge in [0, 0.05) is 24.4 Å². The first-order chi connectivity index (χ1) is 12.3. The van der Waals surface area contributed by atoms with Crippen molar-refractivity contribution in [2.24, 2.45) is 11.3 Å². The first-order valence-corrected chi connectivity index (χ1v) is 9.03. The van der Waals surface area contributed by atoms with E-state index in [0.717, 1.165) is 0 Å². The number of benzene rings is 1. The molecule has 0 saturated carbocycles. The number of amides is 2. The fraction of sp³-hybridized carbons (Fsp3) is 0.550. The van der Waals surface area contributed by atoms with Gasteiger partial charge in [0.15, 0.2) is 0 Å². The molecule has 1 heterocycles. The van der Waals surface area contributed by atoms with Gasteiger partial charge in [-0.15, -0.1) is 0 Å². The van der Waals surface area contributed by atoms with Crippen molar-refractivity contribution < 1.29 is 14.3 Å². The van der Waals surface area contributed by atoms with E-state index in [1.807, 2.05) is 32.6 Å². The first-order valence-electron chi connectivity index (χ1n) is 9.03. The highest BCUT2D eigenvalue weighted by atomic mass is 16.5. The number of rotatable bonds is 4. The van der Waals surface area contributed by atoms with Crippen LogP contribution in [0.3, 0.4) is 0 Å². The highest BCUT2D eigenvalue weighted by molar-refractivity contribution is 5.94. The Morgan fingerprint density at radius 1 is 1.31 bits per heavy atom. The van der Waals surface area contributed by atoms with Gasteiger partial charge < -0.3 is 15.0 Å². The Hall–Kier alpha value is -2.55. The van der Waals surface area contributed by atoms with Crippen molar-refractivity contribution in [2.75, 3.05) is 25.0 Å². The Labute approximate surface area is 155 Å². The Kier molecular flexibility index (Phi) is 6.25. The van der Waals surface area contributed by atoms with E-state index >= 15 is 0 Å². The number of piperidine rings is 1. The van der Waals surface area contributed by atoms with Crippen molar-refractivity contribution in [3.63, 3.8) is 0 Å². The van der Waals surface area contributed by atoms with E-state index in [1.165, 1.54) is 0 Å². The summed E-state index contributed by atoms with van der Waals surface area (Å²) in [6, 6.07) is 7.06. The highest BCUT2D eigenvalue weighted by Crippen LogP contribution is 2.28. The molecule has 1 aliphatic heterocycles. The maximum absolute atomic E-state index is 12.6. The van der Waals surface area contributed by atoms with Crippen LogP contribution in [0, 0.1) is 22.7 Å². The minimum absolute atomic E-state index is 0.0936. The van der Waals surface area contributed by atoms with Crippen LogP contribution < -0.4 is 10.1 Å². The number of ether oxygens (including phenoxy) is 1. The van der Waals surface area contributed by atoms with Crippen LogP contribution >= 0.6 is 0 Å². The molecule has 140 valence electrons. The Morgan fingerprint density at radius 2 is 1.96 bits per heavy atom. The summed E-state index contributed by atoms with van der Waals surface area (Å²) in [5.41, 5.74) is 0.581. The molecule has 1 aromatic rings. The summed E-state index contributed by atoms with van der Waals surface area (Å²) >= 11 is 0. The molecule has 0 unspecified atom stereocenters. The summed E-state index contributed by atoms with van der Waals surface area (Å²) in [7, 11) is 0. The molecule has 0 atom stereocenters. The second-order valence-corrected chi connectivity index (χ2v) is 7.56. The number of nitrogens with zero attached hydrogens (tertiary/aromatic N) is 2. The van der Waals surface area contributed by atoms with E-state index < -0.39 is 5.41 Å². The summed E-state index contributed by atoms with van der Waals surface area (Å²) in [6.45, 7) is 9.24. The third-order valence-electron chi connectivity index (χ3n) is 4.46. The second-order valence-electron chi connectivity index (χ2n) is 7.56. The largest absolute Gasteiger partial charge is 0.492 e. The lowest BCUT2D eigenvalue weighted by atomic mass is 9.90. The molecule has 2 amide bonds. The number of nitrogens with one attached hydrogen (secondary N) is 1. The lowest BCUT2D eigenvalue weighted by molar-refractivity contribution is -0.142. The summed E-state index contributed by atoms with van der Waals surface area (Å²) in [6.07, 6.45) is 1.27. The normalized spacial score (nSPS) is 15.3. The second kappa shape index (κ2) is 8.22. The predicted octanol–water partition coefficient (Wildman–Crippen LogP) is 3.18. The van der Waals surface area contributed by atoms with E-state index in [-0.39, 0.29) is 17.7 Å². The van der Waals surface area contributed by atoms with Crippen molar-refractivity contribution in [1.82, 2.24) is 4.90 Å². The van der Waals surface area contributed by atoms with Gasteiger partial charge >= 0.3 is 0 Å². The van der Waals surface area contributed by atoms with Crippen LogP contribution in [-0.2, 0) is 9.59 Å². The van der Waals surface area contributed by atoms with Crippen molar-refractivity contribution >= 4 is 17.5 Å². The van der Waals surface area contributed by atoms with E-state index in [2.05, 4.69) is 11.4 Å². The zero-order chi connectivity index (χ0) is 19.3.